The maximum atomic E-state index is 13.6. The van der Waals surface area contributed by atoms with Crippen molar-refractivity contribution in [3.8, 4) is 11.5 Å². The Balaban J connectivity index is 2.39. The van der Waals surface area contributed by atoms with Crippen LogP contribution < -0.4 is 14.8 Å². The molecule has 0 fully saturated rings. The van der Waals surface area contributed by atoms with Crippen LogP contribution in [0.25, 0.3) is 0 Å². The van der Waals surface area contributed by atoms with Crippen LogP contribution in [0.2, 0.25) is 0 Å². The van der Waals surface area contributed by atoms with Crippen molar-refractivity contribution in [1.29, 1.82) is 0 Å². The maximum absolute atomic E-state index is 13.6. The van der Waals surface area contributed by atoms with Gasteiger partial charge in [-0.3, -0.25) is 9.59 Å². The van der Waals surface area contributed by atoms with Crippen molar-refractivity contribution >= 4 is 17.5 Å². The molecule has 2 aromatic carbocycles. The van der Waals surface area contributed by atoms with Gasteiger partial charge in [0.1, 0.15) is 17.0 Å². The van der Waals surface area contributed by atoms with Crippen molar-refractivity contribution in [1.82, 2.24) is 4.90 Å². The third-order valence-corrected chi connectivity index (χ3v) is 5.49. The van der Waals surface area contributed by atoms with E-state index in [0.717, 1.165) is 29.9 Å². The second-order valence-electron chi connectivity index (χ2n) is 7.67. The largest absolute Gasteiger partial charge is 0.497 e. The predicted octanol–water partition coefficient (Wildman–Crippen LogP) is 5.03. The Morgan fingerprint density at radius 2 is 1.35 bits per heavy atom. The summed E-state index contributed by atoms with van der Waals surface area (Å²) in [4.78, 5) is 28.2. The molecular formula is C25H34N2O4. The molecule has 0 saturated heterocycles. The molecular weight excluding hydrogens is 392 g/mol. The molecule has 0 aliphatic carbocycles. The van der Waals surface area contributed by atoms with Gasteiger partial charge >= 0.3 is 0 Å². The summed E-state index contributed by atoms with van der Waals surface area (Å²) in [5.41, 5.74) is 0.690. The summed E-state index contributed by atoms with van der Waals surface area (Å²) >= 11 is 0. The number of carbonyl (C=O) groups excluding carboxylic acids is 2. The first-order valence-electron chi connectivity index (χ1n) is 10.8. The summed E-state index contributed by atoms with van der Waals surface area (Å²) in [7, 11) is 3.22. The standard InChI is InChI=1S/C25H34N2O4/c1-6-16-25(17-7-2,24(29)26-21-10-14-23(31-5)15-11-21)27(19(3)28)18-20-8-12-22(30-4)13-9-20/h8-15H,6-7,16-18H2,1-5H3,(H,26,29). The maximum Gasteiger partial charge on any atom is 0.250 e. The van der Waals surface area contributed by atoms with E-state index >= 15 is 0 Å². The van der Waals surface area contributed by atoms with E-state index in [1.54, 1.807) is 43.4 Å². The Hall–Kier alpha value is -3.02. The van der Waals surface area contributed by atoms with E-state index in [1.165, 1.54) is 6.92 Å². The van der Waals surface area contributed by atoms with Crippen LogP contribution in [0.4, 0.5) is 5.69 Å². The van der Waals surface area contributed by atoms with Crippen LogP contribution in [0.5, 0.6) is 11.5 Å². The molecule has 2 rings (SSSR count). The highest BCUT2D eigenvalue weighted by molar-refractivity contribution is 6.00. The van der Waals surface area contributed by atoms with Gasteiger partial charge < -0.3 is 19.7 Å². The van der Waals surface area contributed by atoms with E-state index in [1.807, 2.05) is 38.1 Å². The Morgan fingerprint density at radius 1 is 0.871 bits per heavy atom. The Bertz CT molecular complexity index is 841. The van der Waals surface area contributed by atoms with Crippen LogP contribution in [-0.2, 0) is 16.1 Å². The Labute approximate surface area is 185 Å². The minimum Gasteiger partial charge on any atom is -0.497 e. The highest BCUT2D eigenvalue weighted by Gasteiger charge is 2.44. The van der Waals surface area contributed by atoms with Crippen LogP contribution in [0.3, 0.4) is 0 Å². The van der Waals surface area contributed by atoms with Crippen LogP contribution in [0.1, 0.15) is 52.0 Å². The Morgan fingerprint density at radius 3 is 1.77 bits per heavy atom. The lowest BCUT2D eigenvalue weighted by Crippen LogP contribution is -2.58. The molecule has 2 amide bonds. The van der Waals surface area contributed by atoms with E-state index < -0.39 is 5.54 Å². The van der Waals surface area contributed by atoms with Crippen molar-refractivity contribution in [3.63, 3.8) is 0 Å². The molecule has 1 N–H and O–H groups in total. The first kappa shape index (κ1) is 24.3. The fraction of sp³-hybridized carbons (Fsp3) is 0.440. The number of rotatable bonds is 11. The molecule has 2 aromatic rings. The molecule has 0 unspecified atom stereocenters. The number of ether oxygens (including phenoxy) is 2. The van der Waals surface area contributed by atoms with Gasteiger partial charge in [0, 0.05) is 19.2 Å². The number of hydrogen-bond donors (Lipinski definition) is 1. The number of nitrogens with one attached hydrogen (secondary N) is 1. The number of anilines is 1. The summed E-state index contributed by atoms with van der Waals surface area (Å²) < 4.78 is 10.4. The van der Waals surface area contributed by atoms with Crippen molar-refractivity contribution in [2.45, 2.75) is 58.5 Å². The lowest BCUT2D eigenvalue weighted by molar-refractivity contribution is -0.146. The number of amides is 2. The average molecular weight is 427 g/mol. The summed E-state index contributed by atoms with van der Waals surface area (Å²) in [5, 5.41) is 3.03. The monoisotopic (exact) mass is 426 g/mol. The SMILES string of the molecule is CCCC(CCC)(C(=O)Nc1ccc(OC)cc1)N(Cc1ccc(OC)cc1)C(C)=O. The smallest absolute Gasteiger partial charge is 0.250 e. The number of nitrogens with zero attached hydrogens (tertiary/aromatic N) is 1. The lowest BCUT2D eigenvalue weighted by atomic mass is 9.84. The molecule has 6 heteroatoms. The van der Waals surface area contributed by atoms with Gasteiger partial charge in [-0.15, -0.1) is 0 Å². The minimum absolute atomic E-state index is 0.123. The first-order chi connectivity index (χ1) is 14.9. The zero-order valence-electron chi connectivity index (χ0n) is 19.2. The third kappa shape index (κ3) is 6.00. The van der Waals surface area contributed by atoms with Crippen molar-refractivity contribution in [2.75, 3.05) is 19.5 Å². The molecule has 6 nitrogen and oxygen atoms in total. The lowest BCUT2D eigenvalue weighted by Gasteiger charge is -2.42. The molecule has 0 spiro atoms. The van der Waals surface area contributed by atoms with Crippen LogP contribution >= 0.6 is 0 Å². The second kappa shape index (κ2) is 11.4. The second-order valence-corrected chi connectivity index (χ2v) is 7.67. The highest BCUT2D eigenvalue weighted by Crippen LogP contribution is 2.32. The van der Waals surface area contributed by atoms with Crippen LogP contribution in [-0.4, -0.2) is 36.5 Å². The summed E-state index contributed by atoms with van der Waals surface area (Å²) in [6, 6.07) is 14.8. The quantitative estimate of drug-likeness (QED) is 0.547. The molecule has 0 atom stereocenters. The molecule has 0 heterocycles. The van der Waals surface area contributed by atoms with Crippen molar-refractivity contribution < 1.29 is 19.1 Å². The van der Waals surface area contributed by atoms with Crippen molar-refractivity contribution in [2.24, 2.45) is 0 Å². The summed E-state index contributed by atoms with van der Waals surface area (Å²) in [6.07, 6.45) is 2.72. The zero-order chi connectivity index (χ0) is 22.9. The van der Waals surface area contributed by atoms with Gasteiger partial charge in [-0.05, 0) is 54.8 Å². The Kier molecular flexibility index (Phi) is 8.91. The average Bonchev–Trinajstić information content (AvgIpc) is 2.78. The summed E-state index contributed by atoms with van der Waals surface area (Å²) in [5.74, 6) is 1.19. The zero-order valence-corrected chi connectivity index (χ0v) is 19.2. The molecule has 0 aliphatic rings. The van der Waals surface area contributed by atoms with Gasteiger partial charge in [0.2, 0.25) is 11.8 Å². The minimum atomic E-state index is -0.935. The third-order valence-electron chi connectivity index (χ3n) is 5.49. The first-order valence-corrected chi connectivity index (χ1v) is 10.8. The molecule has 168 valence electrons. The number of methoxy groups -OCH3 is 2. The molecule has 0 aromatic heterocycles. The molecule has 0 radical (unpaired) electrons. The van der Waals surface area contributed by atoms with Gasteiger partial charge in [0.25, 0.3) is 0 Å². The van der Waals surface area contributed by atoms with Crippen LogP contribution in [0.15, 0.2) is 48.5 Å². The van der Waals surface area contributed by atoms with Gasteiger partial charge in [-0.2, -0.15) is 0 Å². The van der Waals surface area contributed by atoms with Gasteiger partial charge in [-0.25, -0.2) is 0 Å². The fourth-order valence-electron chi connectivity index (χ4n) is 3.97. The number of hydrogen-bond acceptors (Lipinski definition) is 4. The predicted molar refractivity (Wildman–Crippen MR) is 123 cm³/mol. The number of carbonyl (C=O) groups is 2. The topological polar surface area (TPSA) is 67.9 Å². The molecule has 0 saturated carbocycles. The van der Waals surface area contributed by atoms with E-state index in [2.05, 4.69) is 5.32 Å². The van der Waals surface area contributed by atoms with Gasteiger partial charge in [0.05, 0.1) is 14.2 Å². The van der Waals surface area contributed by atoms with E-state index in [9.17, 15) is 9.59 Å². The van der Waals surface area contributed by atoms with Gasteiger partial charge in [0.15, 0.2) is 0 Å². The van der Waals surface area contributed by atoms with E-state index in [0.29, 0.717) is 25.1 Å². The molecule has 31 heavy (non-hydrogen) atoms. The van der Waals surface area contributed by atoms with E-state index in [4.69, 9.17) is 9.47 Å². The van der Waals surface area contributed by atoms with Crippen LogP contribution in [0, 0.1) is 0 Å². The normalized spacial score (nSPS) is 11.0. The molecule has 0 bridgehead atoms. The fourth-order valence-corrected chi connectivity index (χ4v) is 3.97. The number of benzene rings is 2. The van der Waals surface area contributed by atoms with E-state index in [-0.39, 0.29) is 11.8 Å². The summed E-state index contributed by atoms with van der Waals surface area (Å²) in [6.45, 7) is 5.97. The van der Waals surface area contributed by atoms with Gasteiger partial charge in [-0.1, -0.05) is 38.8 Å². The van der Waals surface area contributed by atoms with Crippen molar-refractivity contribution in [3.05, 3.63) is 54.1 Å². The highest BCUT2D eigenvalue weighted by atomic mass is 16.5. The molecule has 0 aliphatic heterocycles.